The van der Waals surface area contributed by atoms with E-state index in [9.17, 15) is 9.59 Å². The summed E-state index contributed by atoms with van der Waals surface area (Å²) < 4.78 is 16.2. The van der Waals surface area contributed by atoms with E-state index in [0.29, 0.717) is 53.3 Å². The summed E-state index contributed by atoms with van der Waals surface area (Å²) in [6.07, 6.45) is 0. The maximum absolute atomic E-state index is 12.6. The molecule has 0 aliphatic carbocycles. The number of hydrogen-bond donors (Lipinski definition) is 2. The number of methoxy groups -OCH3 is 3. The number of aromatic nitrogens is 1. The molecule has 1 aliphatic rings. The summed E-state index contributed by atoms with van der Waals surface area (Å²) in [7, 11) is 4.60. The standard InChI is InChI=1S/C18H23N3O5/c1-10-17(22)19-5-6-21(10)9-11-7-12-13(20-18(11)23)8-14(24-2)16(26-4)15(12)25-3/h7-8,10H,5-6,9H2,1-4H3,(H,19,22)(H,20,23)/t10-/m0/s1. The second-order valence-electron chi connectivity index (χ2n) is 6.17. The molecule has 2 N–H and O–H groups in total. The summed E-state index contributed by atoms with van der Waals surface area (Å²) in [6.45, 7) is 3.46. The van der Waals surface area contributed by atoms with Gasteiger partial charge in [0, 0.05) is 36.7 Å². The van der Waals surface area contributed by atoms with Gasteiger partial charge in [0.05, 0.1) is 32.9 Å². The molecule has 140 valence electrons. The normalized spacial score (nSPS) is 17.8. The van der Waals surface area contributed by atoms with Gasteiger partial charge in [-0.3, -0.25) is 14.5 Å². The molecule has 2 aromatic rings. The molecular formula is C18H23N3O5. The highest BCUT2D eigenvalue weighted by Gasteiger charge is 2.26. The topological polar surface area (TPSA) is 92.9 Å². The number of pyridine rings is 1. The quantitative estimate of drug-likeness (QED) is 0.821. The third-order valence-corrected chi connectivity index (χ3v) is 4.73. The van der Waals surface area contributed by atoms with Crippen LogP contribution in [-0.4, -0.2) is 56.3 Å². The van der Waals surface area contributed by atoms with Gasteiger partial charge in [-0.1, -0.05) is 0 Å². The highest BCUT2D eigenvalue weighted by atomic mass is 16.5. The number of piperazine rings is 1. The van der Waals surface area contributed by atoms with Crippen LogP contribution in [0.2, 0.25) is 0 Å². The molecule has 0 bridgehead atoms. The molecule has 0 spiro atoms. The number of benzene rings is 1. The van der Waals surface area contributed by atoms with Gasteiger partial charge in [0.25, 0.3) is 5.56 Å². The SMILES string of the molecule is COc1cc2[nH]c(=O)c(CN3CCNC(=O)[C@@H]3C)cc2c(OC)c1OC. The average molecular weight is 361 g/mol. The van der Waals surface area contributed by atoms with Gasteiger partial charge in [-0.05, 0) is 13.0 Å². The summed E-state index contributed by atoms with van der Waals surface area (Å²) in [5.74, 6) is 1.40. The Bertz CT molecular complexity index is 893. The Morgan fingerprint density at radius 3 is 2.50 bits per heavy atom. The lowest BCUT2D eigenvalue weighted by Gasteiger charge is -2.32. The molecule has 0 saturated carbocycles. The first-order valence-corrected chi connectivity index (χ1v) is 8.36. The van der Waals surface area contributed by atoms with E-state index in [1.165, 1.54) is 14.2 Å². The Morgan fingerprint density at radius 2 is 1.85 bits per heavy atom. The Morgan fingerprint density at radius 1 is 1.12 bits per heavy atom. The highest BCUT2D eigenvalue weighted by molar-refractivity contribution is 5.90. The fourth-order valence-corrected chi connectivity index (χ4v) is 3.25. The second kappa shape index (κ2) is 7.25. The summed E-state index contributed by atoms with van der Waals surface area (Å²) in [4.78, 5) is 29.3. The first-order chi connectivity index (χ1) is 12.5. The van der Waals surface area contributed by atoms with Crippen molar-refractivity contribution in [1.82, 2.24) is 15.2 Å². The summed E-state index contributed by atoms with van der Waals surface area (Å²) in [5.41, 5.74) is 0.951. The number of nitrogens with zero attached hydrogens (tertiary/aromatic N) is 1. The Labute approximate surface area is 151 Å². The molecule has 0 unspecified atom stereocenters. The van der Waals surface area contributed by atoms with Crippen LogP contribution in [0.4, 0.5) is 0 Å². The molecule has 8 heteroatoms. The van der Waals surface area contributed by atoms with Crippen LogP contribution >= 0.6 is 0 Å². The minimum atomic E-state index is -0.286. The number of H-pyrrole nitrogens is 1. The summed E-state index contributed by atoms with van der Waals surface area (Å²) in [6, 6.07) is 3.21. The van der Waals surface area contributed by atoms with Crippen LogP contribution in [0.25, 0.3) is 10.9 Å². The molecule has 2 heterocycles. The van der Waals surface area contributed by atoms with Crippen molar-refractivity contribution in [1.29, 1.82) is 0 Å². The smallest absolute Gasteiger partial charge is 0.252 e. The van der Waals surface area contributed by atoms with Crippen LogP contribution in [0.3, 0.4) is 0 Å². The molecular weight excluding hydrogens is 338 g/mol. The molecule has 1 saturated heterocycles. The molecule has 1 aromatic heterocycles. The zero-order chi connectivity index (χ0) is 18.8. The molecule has 1 fully saturated rings. The first-order valence-electron chi connectivity index (χ1n) is 8.36. The van der Waals surface area contributed by atoms with E-state index < -0.39 is 0 Å². The first kappa shape index (κ1) is 18.1. The molecule has 1 amide bonds. The second-order valence-corrected chi connectivity index (χ2v) is 6.17. The third-order valence-electron chi connectivity index (χ3n) is 4.73. The van der Waals surface area contributed by atoms with Crippen molar-refractivity contribution in [3.05, 3.63) is 28.0 Å². The van der Waals surface area contributed by atoms with E-state index in [1.807, 2.05) is 11.8 Å². The van der Waals surface area contributed by atoms with Crippen molar-refractivity contribution in [2.75, 3.05) is 34.4 Å². The van der Waals surface area contributed by atoms with Crippen LogP contribution in [0.5, 0.6) is 17.2 Å². The van der Waals surface area contributed by atoms with E-state index in [-0.39, 0.29) is 17.5 Å². The lowest BCUT2D eigenvalue weighted by Crippen LogP contribution is -2.53. The van der Waals surface area contributed by atoms with Gasteiger partial charge in [-0.2, -0.15) is 0 Å². The maximum atomic E-state index is 12.6. The number of carbonyl (C=O) groups is 1. The fraction of sp³-hybridized carbons (Fsp3) is 0.444. The van der Waals surface area contributed by atoms with Crippen molar-refractivity contribution in [3.8, 4) is 17.2 Å². The van der Waals surface area contributed by atoms with Gasteiger partial charge in [0.1, 0.15) is 0 Å². The average Bonchev–Trinajstić information content (AvgIpc) is 2.64. The van der Waals surface area contributed by atoms with E-state index in [2.05, 4.69) is 10.3 Å². The van der Waals surface area contributed by atoms with Crippen LogP contribution in [0.15, 0.2) is 16.9 Å². The van der Waals surface area contributed by atoms with E-state index in [0.717, 1.165) is 0 Å². The zero-order valence-electron chi connectivity index (χ0n) is 15.3. The Hall–Kier alpha value is -2.74. The summed E-state index contributed by atoms with van der Waals surface area (Å²) >= 11 is 0. The number of hydrogen-bond acceptors (Lipinski definition) is 6. The Balaban J connectivity index is 2.09. The van der Waals surface area contributed by atoms with Crippen LogP contribution < -0.4 is 25.1 Å². The predicted molar refractivity (Wildman–Crippen MR) is 97.1 cm³/mol. The van der Waals surface area contributed by atoms with Crippen molar-refractivity contribution in [3.63, 3.8) is 0 Å². The van der Waals surface area contributed by atoms with Gasteiger partial charge < -0.3 is 24.5 Å². The number of fused-ring (bicyclic) bond motifs is 1. The van der Waals surface area contributed by atoms with Gasteiger partial charge in [-0.25, -0.2) is 0 Å². The molecule has 1 aromatic carbocycles. The van der Waals surface area contributed by atoms with Crippen LogP contribution in [0.1, 0.15) is 12.5 Å². The predicted octanol–water partition coefficient (Wildman–Crippen LogP) is 0.874. The van der Waals surface area contributed by atoms with Crippen molar-refractivity contribution >= 4 is 16.8 Å². The summed E-state index contributed by atoms with van der Waals surface area (Å²) in [5, 5.41) is 3.54. The zero-order valence-corrected chi connectivity index (χ0v) is 15.3. The van der Waals surface area contributed by atoms with Gasteiger partial charge in [0.15, 0.2) is 11.5 Å². The lowest BCUT2D eigenvalue weighted by molar-refractivity contribution is -0.128. The number of aromatic amines is 1. The van der Waals surface area contributed by atoms with E-state index in [1.54, 1.807) is 19.2 Å². The monoisotopic (exact) mass is 361 g/mol. The Kier molecular flexibility index (Phi) is 5.03. The van der Waals surface area contributed by atoms with Crippen molar-refractivity contribution in [2.45, 2.75) is 19.5 Å². The number of rotatable bonds is 5. The maximum Gasteiger partial charge on any atom is 0.252 e. The van der Waals surface area contributed by atoms with Crippen LogP contribution in [-0.2, 0) is 11.3 Å². The highest BCUT2D eigenvalue weighted by Crippen LogP contribution is 2.42. The van der Waals surface area contributed by atoms with Crippen LogP contribution in [0, 0.1) is 0 Å². The number of carbonyl (C=O) groups excluding carboxylic acids is 1. The van der Waals surface area contributed by atoms with Gasteiger partial charge >= 0.3 is 0 Å². The number of ether oxygens (including phenoxy) is 3. The van der Waals surface area contributed by atoms with Crippen molar-refractivity contribution < 1.29 is 19.0 Å². The van der Waals surface area contributed by atoms with E-state index in [4.69, 9.17) is 14.2 Å². The van der Waals surface area contributed by atoms with E-state index >= 15 is 0 Å². The molecule has 8 nitrogen and oxygen atoms in total. The number of amides is 1. The fourth-order valence-electron chi connectivity index (χ4n) is 3.25. The molecule has 1 atom stereocenters. The van der Waals surface area contributed by atoms with Gasteiger partial charge in [0.2, 0.25) is 11.7 Å². The molecule has 3 rings (SSSR count). The van der Waals surface area contributed by atoms with Gasteiger partial charge in [-0.15, -0.1) is 0 Å². The minimum absolute atomic E-state index is 0.0301. The molecule has 1 aliphatic heterocycles. The molecule has 26 heavy (non-hydrogen) atoms. The minimum Gasteiger partial charge on any atom is -0.493 e. The lowest BCUT2D eigenvalue weighted by atomic mass is 10.1. The molecule has 0 radical (unpaired) electrons. The largest absolute Gasteiger partial charge is 0.493 e. The third kappa shape index (κ3) is 3.08. The number of nitrogens with one attached hydrogen (secondary N) is 2. The van der Waals surface area contributed by atoms with Crippen molar-refractivity contribution in [2.24, 2.45) is 0 Å².